The first-order valence-electron chi connectivity index (χ1n) is 6.29. The lowest BCUT2D eigenvalue weighted by Gasteiger charge is -2.13. The van der Waals surface area contributed by atoms with Crippen molar-refractivity contribution in [2.24, 2.45) is 5.84 Å². The third-order valence-electron chi connectivity index (χ3n) is 3.34. The average Bonchev–Trinajstić information content (AvgIpc) is 2.82. The van der Waals surface area contributed by atoms with Crippen LogP contribution in [0.5, 0.6) is 0 Å². The number of benzene rings is 1. The summed E-state index contributed by atoms with van der Waals surface area (Å²) in [5, 5.41) is 10.9. The van der Waals surface area contributed by atoms with E-state index in [2.05, 4.69) is 10.1 Å². The number of likely N-dealkylation sites (N-methyl/N-ethyl adjacent to an activating group) is 1. The van der Waals surface area contributed by atoms with E-state index in [4.69, 9.17) is 5.84 Å². The highest BCUT2D eigenvalue weighted by Gasteiger charge is 2.27. The monoisotopic (exact) mass is 315 g/mol. The normalized spacial score (nSPS) is 19.6. The van der Waals surface area contributed by atoms with Crippen LogP contribution in [0.25, 0.3) is 0 Å². The zero-order valence-electron chi connectivity index (χ0n) is 11.4. The van der Waals surface area contributed by atoms with Gasteiger partial charge in [0.1, 0.15) is 5.69 Å². The molecule has 0 bridgehead atoms. The second kappa shape index (κ2) is 5.93. The molecule has 1 aromatic rings. The fourth-order valence-corrected chi connectivity index (χ4v) is 3.55. The van der Waals surface area contributed by atoms with Gasteiger partial charge in [-0.2, -0.15) is 0 Å². The summed E-state index contributed by atoms with van der Waals surface area (Å²) in [6.07, 6.45) is 0.709. The van der Waals surface area contributed by atoms with Gasteiger partial charge in [-0.05, 0) is 32.1 Å². The molecule has 9 nitrogen and oxygen atoms in total. The standard InChI is InChI=1S/C11H17N5O4S/c1-15-5-4-8(7-15)14-21(19,20)9-2-3-10(13-12)11(6-9)16(17)18/h2-3,6,8,13-14H,4-5,7,12H2,1H3. The third kappa shape index (κ3) is 3.47. The first-order chi connectivity index (χ1) is 9.83. The number of nitro groups is 1. The van der Waals surface area contributed by atoms with Crippen molar-refractivity contribution in [3.8, 4) is 0 Å². The van der Waals surface area contributed by atoms with Crippen molar-refractivity contribution in [3.05, 3.63) is 28.3 Å². The molecule has 1 atom stereocenters. The van der Waals surface area contributed by atoms with Gasteiger partial charge >= 0.3 is 0 Å². The molecule has 0 amide bonds. The molecule has 1 heterocycles. The van der Waals surface area contributed by atoms with Gasteiger partial charge in [0.25, 0.3) is 5.69 Å². The molecule has 1 fully saturated rings. The molecule has 1 aromatic carbocycles. The summed E-state index contributed by atoms with van der Waals surface area (Å²) >= 11 is 0. The fraction of sp³-hybridized carbons (Fsp3) is 0.455. The Morgan fingerprint density at radius 1 is 1.48 bits per heavy atom. The Labute approximate surface area is 122 Å². The highest BCUT2D eigenvalue weighted by molar-refractivity contribution is 7.89. The zero-order valence-corrected chi connectivity index (χ0v) is 12.3. The molecule has 0 spiro atoms. The van der Waals surface area contributed by atoms with Crippen molar-refractivity contribution >= 4 is 21.4 Å². The van der Waals surface area contributed by atoms with Gasteiger partial charge in [-0.25, -0.2) is 13.1 Å². The number of nitrogens with one attached hydrogen (secondary N) is 2. The van der Waals surface area contributed by atoms with Gasteiger partial charge in [0, 0.05) is 18.7 Å². The zero-order chi connectivity index (χ0) is 15.6. The minimum absolute atomic E-state index is 0.0551. The predicted octanol–water partition coefficient (Wildman–Crippen LogP) is -0.137. The van der Waals surface area contributed by atoms with Crippen LogP contribution < -0.4 is 16.0 Å². The molecule has 116 valence electrons. The molecule has 1 aliphatic rings. The molecule has 21 heavy (non-hydrogen) atoms. The van der Waals surface area contributed by atoms with E-state index in [9.17, 15) is 18.5 Å². The molecule has 1 unspecified atom stereocenters. The van der Waals surface area contributed by atoms with Crippen molar-refractivity contribution in [3.63, 3.8) is 0 Å². The van der Waals surface area contributed by atoms with Crippen LogP contribution in [-0.4, -0.2) is 44.4 Å². The van der Waals surface area contributed by atoms with Gasteiger partial charge in [-0.1, -0.05) is 0 Å². The number of likely N-dealkylation sites (tertiary alicyclic amines) is 1. The Balaban J connectivity index is 2.27. The summed E-state index contributed by atoms with van der Waals surface area (Å²) in [7, 11) is -1.89. The molecule has 1 aliphatic heterocycles. The van der Waals surface area contributed by atoms with Gasteiger partial charge in [-0.3, -0.25) is 16.0 Å². The van der Waals surface area contributed by atoms with E-state index >= 15 is 0 Å². The Morgan fingerprint density at radius 3 is 2.71 bits per heavy atom. The SMILES string of the molecule is CN1CCC(NS(=O)(=O)c2ccc(NN)c([N+](=O)[O-])c2)C1. The third-order valence-corrected chi connectivity index (χ3v) is 4.86. The van der Waals surface area contributed by atoms with E-state index in [0.717, 1.165) is 12.6 Å². The largest absolute Gasteiger partial charge is 0.318 e. The molecule has 0 aromatic heterocycles. The highest BCUT2D eigenvalue weighted by atomic mass is 32.2. The molecule has 0 radical (unpaired) electrons. The van der Waals surface area contributed by atoms with Crippen LogP contribution in [0, 0.1) is 10.1 Å². The van der Waals surface area contributed by atoms with Gasteiger partial charge < -0.3 is 10.3 Å². The maximum atomic E-state index is 12.3. The van der Waals surface area contributed by atoms with Crippen LogP contribution in [0.3, 0.4) is 0 Å². The molecule has 0 aliphatic carbocycles. The molecular formula is C11H17N5O4S. The molecule has 1 saturated heterocycles. The smallest absolute Gasteiger partial charge is 0.294 e. The quantitative estimate of drug-likeness (QED) is 0.391. The molecule has 10 heteroatoms. The van der Waals surface area contributed by atoms with Crippen LogP contribution in [0.1, 0.15) is 6.42 Å². The Hall–Kier alpha value is -1.75. The van der Waals surface area contributed by atoms with E-state index in [1.54, 1.807) is 0 Å². The van der Waals surface area contributed by atoms with Crippen molar-refractivity contribution in [1.29, 1.82) is 0 Å². The predicted molar refractivity (Wildman–Crippen MR) is 77.1 cm³/mol. The number of nitrogen functional groups attached to an aromatic ring is 1. The van der Waals surface area contributed by atoms with Gasteiger partial charge in [0.05, 0.1) is 9.82 Å². The lowest BCUT2D eigenvalue weighted by atomic mass is 10.3. The number of hydrogen-bond donors (Lipinski definition) is 3. The van der Waals surface area contributed by atoms with E-state index in [1.807, 2.05) is 11.9 Å². The summed E-state index contributed by atoms with van der Waals surface area (Å²) in [4.78, 5) is 12.1. The van der Waals surface area contributed by atoms with Crippen molar-refractivity contribution < 1.29 is 13.3 Å². The first-order valence-corrected chi connectivity index (χ1v) is 7.78. The molecule has 0 saturated carbocycles. The number of hydrazine groups is 1. The summed E-state index contributed by atoms with van der Waals surface area (Å²) in [6, 6.07) is 3.36. The Morgan fingerprint density at radius 2 is 2.19 bits per heavy atom. The van der Waals surface area contributed by atoms with E-state index in [0.29, 0.717) is 13.0 Å². The van der Waals surface area contributed by atoms with Crippen LogP contribution in [0.2, 0.25) is 0 Å². The van der Waals surface area contributed by atoms with Crippen molar-refractivity contribution in [2.75, 3.05) is 25.6 Å². The fourth-order valence-electron chi connectivity index (χ4n) is 2.27. The van der Waals surface area contributed by atoms with Crippen molar-refractivity contribution in [1.82, 2.24) is 9.62 Å². The molecular weight excluding hydrogens is 298 g/mol. The summed E-state index contributed by atoms with van der Waals surface area (Å²) in [5.74, 6) is 5.17. The lowest BCUT2D eigenvalue weighted by molar-refractivity contribution is -0.384. The van der Waals surface area contributed by atoms with Gasteiger partial charge in [0.2, 0.25) is 10.0 Å². The van der Waals surface area contributed by atoms with E-state index < -0.39 is 14.9 Å². The number of rotatable bonds is 5. The molecule has 2 rings (SSSR count). The summed E-state index contributed by atoms with van der Waals surface area (Å²) in [6.45, 7) is 1.42. The van der Waals surface area contributed by atoms with Crippen LogP contribution in [-0.2, 0) is 10.0 Å². The van der Waals surface area contributed by atoms with Gasteiger partial charge in [-0.15, -0.1) is 0 Å². The van der Waals surface area contributed by atoms with E-state index in [1.165, 1.54) is 12.1 Å². The Bertz CT molecular complexity index is 648. The second-order valence-corrected chi connectivity index (χ2v) is 6.66. The number of nitro benzene ring substituents is 1. The second-order valence-electron chi connectivity index (χ2n) is 4.95. The topological polar surface area (TPSA) is 131 Å². The highest BCUT2D eigenvalue weighted by Crippen LogP contribution is 2.27. The van der Waals surface area contributed by atoms with Crippen molar-refractivity contribution in [2.45, 2.75) is 17.4 Å². The van der Waals surface area contributed by atoms with Crippen LogP contribution in [0.4, 0.5) is 11.4 Å². The van der Waals surface area contributed by atoms with Crippen LogP contribution in [0.15, 0.2) is 23.1 Å². The Kier molecular flexibility index (Phi) is 4.42. The average molecular weight is 315 g/mol. The minimum Gasteiger partial charge on any atom is -0.318 e. The van der Waals surface area contributed by atoms with Crippen LogP contribution >= 0.6 is 0 Å². The number of nitrogens with zero attached hydrogens (tertiary/aromatic N) is 2. The number of anilines is 1. The lowest BCUT2D eigenvalue weighted by Crippen LogP contribution is -2.36. The minimum atomic E-state index is -3.80. The van der Waals surface area contributed by atoms with E-state index in [-0.39, 0.29) is 22.3 Å². The first kappa shape index (κ1) is 15.6. The van der Waals surface area contributed by atoms with Gasteiger partial charge in [0.15, 0.2) is 0 Å². The molecule has 4 N–H and O–H groups in total. The maximum Gasteiger partial charge on any atom is 0.294 e. The summed E-state index contributed by atoms with van der Waals surface area (Å²) < 4.78 is 27.1. The maximum absolute atomic E-state index is 12.3. The number of nitrogens with two attached hydrogens (primary N) is 1. The number of sulfonamides is 1. The summed E-state index contributed by atoms with van der Waals surface area (Å²) in [5.41, 5.74) is 1.84. The number of hydrogen-bond acceptors (Lipinski definition) is 7.